The molecule has 4 nitrogen and oxygen atoms in total. The maximum atomic E-state index is 12.6. The molecule has 0 radical (unpaired) electrons. The predicted octanol–water partition coefficient (Wildman–Crippen LogP) is 3.36. The van der Waals surface area contributed by atoms with E-state index < -0.39 is 6.04 Å². The van der Waals surface area contributed by atoms with E-state index in [-0.39, 0.29) is 11.8 Å². The van der Waals surface area contributed by atoms with Crippen LogP contribution in [0.25, 0.3) is 10.8 Å². The molecule has 1 N–H and O–H groups in total. The second kappa shape index (κ2) is 7.47. The molecule has 1 atom stereocenters. The summed E-state index contributed by atoms with van der Waals surface area (Å²) in [6.45, 7) is 3.64. The Bertz CT molecular complexity index is 741. The number of hydrogen-bond donors (Lipinski definition) is 1. The summed E-state index contributed by atoms with van der Waals surface area (Å²) in [7, 11) is 0. The van der Waals surface area contributed by atoms with Crippen LogP contribution in [0, 0.1) is 0 Å². The second-order valence-electron chi connectivity index (χ2n) is 6.41. The van der Waals surface area contributed by atoms with Gasteiger partial charge in [-0.2, -0.15) is 0 Å². The molecule has 1 saturated heterocycles. The molecule has 1 aliphatic heterocycles. The van der Waals surface area contributed by atoms with Crippen LogP contribution in [0.5, 0.6) is 0 Å². The number of carbonyl (C=O) groups excluding carboxylic acids is 2. The lowest BCUT2D eigenvalue weighted by Crippen LogP contribution is -2.47. The highest BCUT2D eigenvalue weighted by Crippen LogP contribution is 2.17. The Labute approximate surface area is 142 Å². The van der Waals surface area contributed by atoms with Crippen LogP contribution < -0.4 is 5.32 Å². The summed E-state index contributed by atoms with van der Waals surface area (Å²) in [5.74, 6) is -0.110. The van der Waals surface area contributed by atoms with Crippen molar-refractivity contribution >= 4 is 22.6 Å². The molecule has 126 valence electrons. The average Bonchev–Trinajstić information content (AvgIpc) is 2.77. The molecule has 0 aliphatic carbocycles. The van der Waals surface area contributed by atoms with Crippen molar-refractivity contribution in [3.8, 4) is 0 Å². The highest BCUT2D eigenvalue weighted by atomic mass is 16.2. The largest absolute Gasteiger partial charge is 0.341 e. The average molecular weight is 324 g/mol. The topological polar surface area (TPSA) is 49.4 Å². The van der Waals surface area contributed by atoms with Crippen molar-refractivity contribution in [3.63, 3.8) is 0 Å². The molecule has 1 heterocycles. The molecule has 2 aromatic carbocycles. The van der Waals surface area contributed by atoms with Gasteiger partial charge in [0.2, 0.25) is 5.91 Å². The minimum absolute atomic E-state index is 0.0588. The molecular formula is C20H24N2O2. The molecule has 24 heavy (non-hydrogen) atoms. The van der Waals surface area contributed by atoms with Gasteiger partial charge in [-0.05, 0) is 48.6 Å². The normalized spacial score (nSPS) is 18.5. The van der Waals surface area contributed by atoms with Crippen LogP contribution >= 0.6 is 0 Å². The molecule has 0 saturated carbocycles. The van der Waals surface area contributed by atoms with E-state index in [9.17, 15) is 9.59 Å². The first-order chi connectivity index (χ1) is 11.7. The zero-order chi connectivity index (χ0) is 16.9. The molecule has 4 heteroatoms. The van der Waals surface area contributed by atoms with Crippen LogP contribution in [0.2, 0.25) is 0 Å². The SMILES string of the molecule is CCCN1CCCCC(NC(=O)c2ccc3ccccc3c2)C1=O. The van der Waals surface area contributed by atoms with E-state index in [0.717, 1.165) is 49.5 Å². The molecule has 1 aliphatic rings. The fourth-order valence-electron chi connectivity index (χ4n) is 3.30. The van der Waals surface area contributed by atoms with E-state index >= 15 is 0 Å². The summed E-state index contributed by atoms with van der Waals surface area (Å²) in [4.78, 5) is 27.1. The number of benzene rings is 2. The Kier molecular flexibility index (Phi) is 5.14. The summed E-state index contributed by atoms with van der Waals surface area (Å²) in [5.41, 5.74) is 0.604. The number of amides is 2. The summed E-state index contributed by atoms with van der Waals surface area (Å²) < 4.78 is 0. The predicted molar refractivity (Wildman–Crippen MR) is 95.9 cm³/mol. The molecule has 0 spiro atoms. The van der Waals surface area contributed by atoms with E-state index in [0.29, 0.717) is 5.56 Å². The number of nitrogens with zero attached hydrogens (tertiary/aromatic N) is 1. The van der Waals surface area contributed by atoms with Crippen molar-refractivity contribution in [1.29, 1.82) is 0 Å². The standard InChI is InChI=1S/C20H24N2O2/c1-2-12-22-13-6-5-9-18(20(22)24)21-19(23)17-11-10-15-7-3-4-8-16(15)14-17/h3-4,7-8,10-11,14,18H,2,5-6,9,12-13H2,1H3,(H,21,23). The second-order valence-corrected chi connectivity index (χ2v) is 6.41. The number of likely N-dealkylation sites (tertiary alicyclic amines) is 1. The minimum atomic E-state index is -0.405. The molecular weight excluding hydrogens is 300 g/mol. The minimum Gasteiger partial charge on any atom is -0.341 e. The van der Waals surface area contributed by atoms with Crippen LogP contribution in [-0.4, -0.2) is 35.8 Å². The lowest BCUT2D eigenvalue weighted by atomic mass is 10.1. The number of hydrogen-bond acceptors (Lipinski definition) is 2. The fraction of sp³-hybridized carbons (Fsp3) is 0.400. The number of rotatable bonds is 4. The van der Waals surface area contributed by atoms with Crippen molar-refractivity contribution in [2.45, 2.75) is 38.6 Å². The van der Waals surface area contributed by atoms with E-state index in [1.807, 2.05) is 47.4 Å². The zero-order valence-electron chi connectivity index (χ0n) is 14.1. The third-order valence-electron chi connectivity index (χ3n) is 4.59. The van der Waals surface area contributed by atoms with Gasteiger partial charge in [-0.1, -0.05) is 37.3 Å². The van der Waals surface area contributed by atoms with Crippen LogP contribution in [0.4, 0.5) is 0 Å². The Morgan fingerprint density at radius 3 is 2.75 bits per heavy atom. The van der Waals surface area contributed by atoms with Gasteiger partial charge < -0.3 is 10.2 Å². The van der Waals surface area contributed by atoms with Gasteiger partial charge in [-0.3, -0.25) is 9.59 Å². The number of fused-ring (bicyclic) bond motifs is 1. The summed E-state index contributed by atoms with van der Waals surface area (Å²) in [6.07, 6.45) is 3.64. The van der Waals surface area contributed by atoms with Gasteiger partial charge in [-0.15, -0.1) is 0 Å². The Balaban J connectivity index is 1.75. The molecule has 1 unspecified atom stereocenters. The Morgan fingerprint density at radius 2 is 1.96 bits per heavy atom. The molecule has 2 amide bonds. The molecule has 0 aromatic heterocycles. The van der Waals surface area contributed by atoms with Gasteiger partial charge in [0.05, 0.1) is 0 Å². The Hall–Kier alpha value is -2.36. The van der Waals surface area contributed by atoms with Gasteiger partial charge in [0.1, 0.15) is 6.04 Å². The molecule has 0 bridgehead atoms. The quantitative estimate of drug-likeness (QED) is 0.937. The van der Waals surface area contributed by atoms with Gasteiger partial charge in [0.15, 0.2) is 0 Å². The first kappa shape index (κ1) is 16.5. The van der Waals surface area contributed by atoms with Gasteiger partial charge >= 0.3 is 0 Å². The number of nitrogens with one attached hydrogen (secondary N) is 1. The first-order valence-electron chi connectivity index (χ1n) is 8.77. The monoisotopic (exact) mass is 324 g/mol. The summed E-state index contributed by atoms with van der Waals surface area (Å²) >= 11 is 0. The maximum Gasteiger partial charge on any atom is 0.251 e. The van der Waals surface area contributed by atoms with Crippen LogP contribution in [0.1, 0.15) is 43.0 Å². The third kappa shape index (κ3) is 3.58. The first-order valence-corrected chi connectivity index (χ1v) is 8.77. The van der Waals surface area contributed by atoms with Crippen molar-refractivity contribution in [1.82, 2.24) is 10.2 Å². The van der Waals surface area contributed by atoms with Gasteiger partial charge in [0, 0.05) is 18.7 Å². The zero-order valence-corrected chi connectivity index (χ0v) is 14.1. The maximum absolute atomic E-state index is 12.6. The third-order valence-corrected chi connectivity index (χ3v) is 4.59. The van der Waals surface area contributed by atoms with Crippen LogP contribution in [-0.2, 0) is 4.79 Å². The molecule has 3 rings (SSSR count). The van der Waals surface area contributed by atoms with E-state index in [2.05, 4.69) is 12.2 Å². The molecule has 2 aromatic rings. The van der Waals surface area contributed by atoms with Crippen molar-refractivity contribution in [3.05, 3.63) is 48.0 Å². The van der Waals surface area contributed by atoms with Crippen molar-refractivity contribution < 1.29 is 9.59 Å². The van der Waals surface area contributed by atoms with Gasteiger partial charge in [-0.25, -0.2) is 0 Å². The van der Waals surface area contributed by atoms with Crippen LogP contribution in [0.3, 0.4) is 0 Å². The smallest absolute Gasteiger partial charge is 0.251 e. The Morgan fingerprint density at radius 1 is 1.17 bits per heavy atom. The highest BCUT2D eigenvalue weighted by Gasteiger charge is 2.27. The van der Waals surface area contributed by atoms with Crippen LogP contribution in [0.15, 0.2) is 42.5 Å². The highest BCUT2D eigenvalue weighted by molar-refractivity contribution is 6.00. The van der Waals surface area contributed by atoms with E-state index in [1.165, 1.54) is 0 Å². The van der Waals surface area contributed by atoms with Crippen molar-refractivity contribution in [2.75, 3.05) is 13.1 Å². The lowest BCUT2D eigenvalue weighted by Gasteiger charge is -2.24. The summed E-state index contributed by atoms with van der Waals surface area (Å²) in [6, 6.07) is 13.2. The summed E-state index contributed by atoms with van der Waals surface area (Å²) in [5, 5.41) is 5.09. The fourth-order valence-corrected chi connectivity index (χ4v) is 3.30. The number of carbonyl (C=O) groups is 2. The lowest BCUT2D eigenvalue weighted by molar-refractivity contribution is -0.132. The van der Waals surface area contributed by atoms with Gasteiger partial charge in [0.25, 0.3) is 5.91 Å². The van der Waals surface area contributed by atoms with E-state index in [1.54, 1.807) is 0 Å². The molecule has 1 fully saturated rings. The van der Waals surface area contributed by atoms with E-state index in [4.69, 9.17) is 0 Å². The van der Waals surface area contributed by atoms with Crippen molar-refractivity contribution in [2.24, 2.45) is 0 Å².